The van der Waals surface area contributed by atoms with E-state index in [0.29, 0.717) is 42.1 Å². The van der Waals surface area contributed by atoms with Crippen LogP contribution in [0.2, 0.25) is 0 Å². The highest BCUT2D eigenvalue weighted by molar-refractivity contribution is 5.69. The number of carbonyl (C=O) groups is 1. The maximum Gasteiger partial charge on any atom is 0.305 e. The number of hydrogen-bond acceptors (Lipinski definition) is 5. The van der Waals surface area contributed by atoms with Crippen LogP contribution in [0.1, 0.15) is 104 Å². The van der Waals surface area contributed by atoms with Gasteiger partial charge in [-0.05, 0) is 105 Å². The molecule has 5 rings (SSSR count). The van der Waals surface area contributed by atoms with Crippen molar-refractivity contribution in [1.29, 1.82) is 0 Å². The lowest BCUT2D eigenvalue weighted by Gasteiger charge is -2.62. The molecule has 5 nitrogen and oxygen atoms in total. The summed E-state index contributed by atoms with van der Waals surface area (Å²) in [6.45, 7) is 7.95. The molecule has 35 heavy (non-hydrogen) atoms. The Hall–Kier alpha value is -1.41. The van der Waals surface area contributed by atoms with E-state index in [1.165, 1.54) is 25.7 Å². The number of nitrogens with zero attached hydrogens (tertiary/aromatic N) is 2. The zero-order chi connectivity index (χ0) is 24.8. The lowest BCUT2D eigenvalue weighted by atomic mass is 9.42. The number of rotatable bonds is 8. The molecule has 0 aromatic carbocycles. The zero-order valence-electron chi connectivity index (χ0n) is 22.2. The Balaban J connectivity index is 1.21. The Morgan fingerprint density at radius 3 is 2.60 bits per heavy atom. The summed E-state index contributed by atoms with van der Waals surface area (Å²) in [4.78, 5) is 12.3. The number of fused-ring (bicyclic) bond motifs is 6. The van der Waals surface area contributed by atoms with Crippen LogP contribution in [0, 0.1) is 58.7 Å². The van der Waals surface area contributed by atoms with Crippen LogP contribution in [0.5, 0.6) is 0 Å². The number of aliphatic hydroxyl groups excluding tert-OH is 1. The summed E-state index contributed by atoms with van der Waals surface area (Å²) < 4.78 is 5.46. The molecule has 0 amide bonds. The first-order chi connectivity index (χ1) is 16.7. The molecule has 194 valence electrons. The highest BCUT2D eigenvalue weighted by atomic mass is 16.5. The standard InChI is InChI=1S/C30H46N2O3/c1-5-6-7-8-17-35-27(34)12-9-20(2)23-10-11-24-22-19-30(31-32-30)26-18-21(33)13-15-29(26,4)25(22)14-16-28(23,24)3/h1,20-26,33H,6-19H2,2-4H3/t20-,21+,22?,23-,24?,25?,26-,28-,29-/m1/s1. The van der Waals surface area contributed by atoms with Crippen LogP contribution in [-0.4, -0.2) is 29.4 Å². The largest absolute Gasteiger partial charge is 0.466 e. The Kier molecular flexibility index (Phi) is 6.83. The lowest BCUT2D eigenvalue weighted by molar-refractivity contribution is -0.147. The van der Waals surface area contributed by atoms with Crippen LogP contribution in [0.15, 0.2) is 10.2 Å². The highest BCUT2D eigenvalue weighted by Gasteiger charge is 2.69. The molecule has 5 aliphatic rings. The Labute approximate surface area is 212 Å². The molecule has 0 aromatic heterocycles. The maximum absolute atomic E-state index is 12.3. The van der Waals surface area contributed by atoms with E-state index in [1.807, 2.05) is 0 Å². The first kappa shape index (κ1) is 25.2. The molecule has 0 radical (unpaired) electrons. The van der Waals surface area contributed by atoms with Gasteiger partial charge in [0.15, 0.2) is 5.66 Å². The quantitative estimate of drug-likeness (QED) is 0.242. The Morgan fingerprint density at radius 1 is 1.11 bits per heavy atom. The average molecular weight is 483 g/mol. The molecule has 1 N–H and O–H groups in total. The van der Waals surface area contributed by atoms with Crippen molar-refractivity contribution >= 4 is 5.97 Å². The van der Waals surface area contributed by atoms with Crippen molar-refractivity contribution in [3.63, 3.8) is 0 Å². The van der Waals surface area contributed by atoms with E-state index in [9.17, 15) is 9.90 Å². The van der Waals surface area contributed by atoms with E-state index in [-0.39, 0.29) is 23.2 Å². The minimum Gasteiger partial charge on any atom is -0.466 e. The van der Waals surface area contributed by atoms with Gasteiger partial charge in [-0.25, -0.2) is 0 Å². The van der Waals surface area contributed by atoms with Gasteiger partial charge in [-0.1, -0.05) is 20.8 Å². The molecule has 4 aliphatic carbocycles. The second-order valence-corrected chi connectivity index (χ2v) is 13.3. The van der Waals surface area contributed by atoms with E-state index in [2.05, 4.69) is 36.9 Å². The highest BCUT2D eigenvalue weighted by Crippen LogP contribution is 2.72. The molecule has 0 aromatic rings. The van der Waals surface area contributed by atoms with Crippen LogP contribution in [0.3, 0.4) is 0 Å². The molecular formula is C30H46N2O3. The van der Waals surface area contributed by atoms with Crippen molar-refractivity contribution in [2.75, 3.05) is 6.61 Å². The van der Waals surface area contributed by atoms with Gasteiger partial charge in [0.2, 0.25) is 0 Å². The van der Waals surface area contributed by atoms with Crippen molar-refractivity contribution in [2.24, 2.45) is 56.6 Å². The van der Waals surface area contributed by atoms with Gasteiger partial charge in [-0.2, -0.15) is 10.2 Å². The fourth-order valence-corrected chi connectivity index (χ4v) is 9.75. The van der Waals surface area contributed by atoms with Gasteiger partial charge < -0.3 is 9.84 Å². The smallest absolute Gasteiger partial charge is 0.305 e. The number of aliphatic hydroxyl groups is 1. The fourth-order valence-electron chi connectivity index (χ4n) is 9.75. The van der Waals surface area contributed by atoms with Gasteiger partial charge in [0, 0.05) is 25.2 Å². The van der Waals surface area contributed by atoms with Crippen LogP contribution in [0.4, 0.5) is 0 Å². The molecule has 1 heterocycles. The summed E-state index contributed by atoms with van der Waals surface area (Å²) in [6.07, 6.45) is 18.4. The lowest BCUT2D eigenvalue weighted by Crippen LogP contribution is -2.59. The minimum atomic E-state index is -0.191. The Bertz CT molecular complexity index is 873. The van der Waals surface area contributed by atoms with E-state index in [4.69, 9.17) is 11.2 Å². The normalized spacial score (nSPS) is 43.5. The third kappa shape index (κ3) is 4.36. The predicted octanol–water partition coefficient (Wildman–Crippen LogP) is 6.54. The summed E-state index contributed by atoms with van der Waals surface area (Å²) in [6, 6.07) is 0. The van der Waals surface area contributed by atoms with Gasteiger partial charge in [0.25, 0.3) is 0 Å². The van der Waals surface area contributed by atoms with Crippen LogP contribution >= 0.6 is 0 Å². The number of carbonyl (C=O) groups excluding carboxylic acids is 1. The third-order valence-electron chi connectivity index (χ3n) is 11.6. The number of terminal acetylenes is 1. The minimum absolute atomic E-state index is 0.0504. The van der Waals surface area contributed by atoms with Crippen LogP contribution in [-0.2, 0) is 9.53 Å². The third-order valence-corrected chi connectivity index (χ3v) is 11.6. The second kappa shape index (κ2) is 9.47. The molecule has 1 spiro atoms. The Morgan fingerprint density at radius 2 is 1.86 bits per heavy atom. The number of unbranched alkanes of at least 4 members (excludes halogenated alkanes) is 2. The molecule has 3 unspecified atom stereocenters. The molecule has 0 saturated heterocycles. The summed E-state index contributed by atoms with van der Waals surface area (Å²) in [7, 11) is 0. The molecule has 9 atom stereocenters. The zero-order valence-corrected chi connectivity index (χ0v) is 22.2. The van der Waals surface area contributed by atoms with E-state index < -0.39 is 0 Å². The number of ether oxygens (including phenoxy) is 1. The number of esters is 1. The second-order valence-electron chi connectivity index (χ2n) is 13.3. The van der Waals surface area contributed by atoms with E-state index in [1.54, 1.807) is 0 Å². The van der Waals surface area contributed by atoms with Gasteiger partial charge in [-0.3, -0.25) is 4.79 Å². The van der Waals surface area contributed by atoms with Gasteiger partial charge in [0.1, 0.15) is 0 Å². The van der Waals surface area contributed by atoms with Gasteiger partial charge in [-0.15, -0.1) is 12.3 Å². The molecule has 0 bridgehead atoms. The first-order valence-corrected chi connectivity index (χ1v) is 14.4. The molecule has 1 aliphatic heterocycles. The van der Waals surface area contributed by atoms with Gasteiger partial charge >= 0.3 is 5.97 Å². The van der Waals surface area contributed by atoms with Crippen LogP contribution in [0.25, 0.3) is 0 Å². The monoisotopic (exact) mass is 482 g/mol. The topological polar surface area (TPSA) is 71.2 Å². The number of hydrogen-bond donors (Lipinski definition) is 1. The summed E-state index contributed by atoms with van der Waals surface area (Å²) >= 11 is 0. The fraction of sp³-hybridized carbons (Fsp3) is 0.900. The SMILES string of the molecule is C#CCCCCOC(=O)CC[C@@H](C)[C@H]1CCC2C3CC4(N=N4)[C@@H]4C[C@@H](O)CC[C@]4(C)C3CC[C@@]21C. The van der Waals surface area contributed by atoms with Crippen molar-refractivity contribution in [3.8, 4) is 12.3 Å². The van der Waals surface area contributed by atoms with Crippen molar-refractivity contribution < 1.29 is 14.6 Å². The molecular weight excluding hydrogens is 436 g/mol. The summed E-state index contributed by atoms with van der Waals surface area (Å²) in [5.74, 6) is 6.42. The van der Waals surface area contributed by atoms with Gasteiger partial charge in [0.05, 0.1) is 12.7 Å². The summed E-state index contributed by atoms with van der Waals surface area (Å²) in [5.41, 5.74) is 0.428. The average Bonchev–Trinajstić information content (AvgIpc) is 3.50. The first-order valence-electron chi connectivity index (χ1n) is 14.4. The molecule has 4 saturated carbocycles. The maximum atomic E-state index is 12.3. The van der Waals surface area contributed by atoms with Crippen molar-refractivity contribution in [1.82, 2.24) is 0 Å². The van der Waals surface area contributed by atoms with E-state index in [0.717, 1.165) is 63.2 Å². The molecule has 5 heteroatoms. The van der Waals surface area contributed by atoms with Crippen molar-refractivity contribution in [2.45, 2.75) is 116 Å². The van der Waals surface area contributed by atoms with E-state index >= 15 is 0 Å². The van der Waals surface area contributed by atoms with Crippen LogP contribution < -0.4 is 0 Å². The summed E-state index contributed by atoms with van der Waals surface area (Å²) in [5, 5.41) is 19.8. The molecule has 4 fully saturated rings. The van der Waals surface area contributed by atoms with Crippen molar-refractivity contribution in [3.05, 3.63) is 0 Å². The predicted molar refractivity (Wildman–Crippen MR) is 136 cm³/mol.